The lowest BCUT2D eigenvalue weighted by atomic mass is 10.1. The summed E-state index contributed by atoms with van der Waals surface area (Å²) in [5, 5.41) is 9.24. The third-order valence-electron chi connectivity index (χ3n) is 3.39. The van der Waals surface area contributed by atoms with Gasteiger partial charge in [-0.1, -0.05) is 24.3 Å². The molecular weight excluding hydrogens is 264 g/mol. The molecule has 1 amide bonds. The molecule has 21 heavy (non-hydrogen) atoms. The summed E-state index contributed by atoms with van der Waals surface area (Å²) >= 11 is 0. The summed E-state index contributed by atoms with van der Waals surface area (Å²) in [4.78, 5) is 13.8. The number of hydrogen-bond donors (Lipinski definition) is 2. The molecule has 2 aromatic rings. The maximum Gasteiger partial charge on any atom is 0.222 e. The smallest absolute Gasteiger partial charge is 0.222 e. The molecule has 0 heterocycles. The Hall–Kier alpha value is -2.49. The van der Waals surface area contributed by atoms with Crippen molar-refractivity contribution >= 4 is 11.6 Å². The highest BCUT2D eigenvalue weighted by atomic mass is 16.3. The van der Waals surface area contributed by atoms with E-state index in [0.717, 1.165) is 16.8 Å². The van der Waals surface area contributed by atoms with Crippen LogP contribution in [-0.4, -0.2) is 23.0 Å². The van der Waals surface area contributed by atoms with Gasteiger partial charge in [-0.05, 0) is 41.8 Å². The Labute approximate surface area is 124 Å². The molecule has 2 rings (SSSR count). The molecule has 0 bridgehead atoms. The SMILES string of the molecule is CN(Cc1ccc(O)cc1)C(=O)CCc1ccc(N)cc1. The quantitative estimate of drug-likeness (QED) is 0.829. The molecule has 0 aliphatic heterocycles. The molecule has 0 saturated carbocycles. The summed E-state index contributed by atoms with van der Waals surface area (Å²) in [6.45, 7) is 0.543. The van der Waals surface area contributed by atoms with E-state index in [-0.39, 0.29) is 11.7 Å². The molecule has 0 spiro atoms. The Kier molecular flexibility index (Phi) is 4.82. The van der Waals surface area contributed by atoms with Crippen LogP contribution in [0.5, 0.6) is 5.75 Å². The van der Waals surface area contributed by atoms with Crippen molar-refractivity contribution in [2.75, 3.05) is 12.8 Å². The van der Waals surface area contributed by atoms with Crippen LogP contribution in [0.2, 0.25) is 0 Å². The average molecular weight is 284 g/mol. The molecule has 0 aliphatic carbocycles. The lowest BCUT2D eigenvalue weighted by Crippen LogP contribution is -2.26. The van der Waals surface area contributed by atoms with Crippen LogP contribution >= 0.6 is 0 Å². The van der Waals surface area contributed by atoms with Gasteiger partial charge in [0.1, 0.15) is 5.75 Å². The van der Waals surface area contributed by atoms with Crippen LogP contribution in [0, 0.1) is 0 Å². The van der Waals surface area contributed by atoms with E-state index >= 15 is 0 Å². The Bertz CT molecular complexity index is 591. The molecule has 110 valence electrons. The normalized spacial score (nSPS) is 10.3. The first-order valence-electron chi connectivity index (χ1n) is 6.91. The molecule has 0 unspecified atom stereocenters. The summed E-state index contributed by atoms with van der Waals surface area (Å²) < 4.78 is 0. The van der Waals surface area contributed by atoms with Gasteiger partial charge in [-0.2, -0.15) is 0 Å². The number of aromatic hydroxyl groups is 1. The van der Waals surface area contributed by atoms with Crippen molar-refractivity contribution in [3.63, 3.8) is 0 Å². The average Bonchev–Trinajstić information content (AvgIpc) is 2.48. The molecule has 2 aromatic carbocycles. The molecule has 3 N–H and O–H groups in total. The van der Waals surface area contributed by atoms with Crippen molar-refractivity contribution < 1.29 is 9.90 Å². The first-order valence-corrected chi connectivity index (χ1v) is 6.91. The van der Waals surface area contributed by atoms with Crippen LogP contribution in [0.25, 0.3) is 0 Å². The number of phenols is 1. The number of nitrogen functional groups attached to an aromatic ring is 1. The number of carbonyl (C=O) groups is 1. The highest BCUT2D eigenvalue weighted by Crippen LogP contribution is 2.12. The number of rotatable bonds is 5. The van der Waals surface area contributed by atoms with Crippen molar-refractivity contribution in [2.45, 2.75) is 19.4 Å². The zero-order chi connectivity index (χ0) is 15.2. The second kappa shape index (κ2) is 6.79. The summed E-state index contributed by atoms with van der Waals surface area (Å²) in [7, 11) is 1.79. The maximum atomic E-state index is 12.1. The van der Waals surface area contributed by atoms with Crippen LogP contribution in [0.3, 0.4) is 0 Å². The number of hydrogen-bond acceptors (Lipinski definition) is 3. The summed E-state index contributed by atoms with van der Waals surface area (Å²) in [5.74, 6) is 0.330. The van der Waals surface area contributed by atoms with Crippen molar-refractivity contribution in [1.82, 2.24) is 4.90 Å². The number of anilines is 1. The van der Waals surface area contributed by atoms with Gasteiger partial charge >= 0.3 is 0 Å². The molecule has 4 nitrogen and oxygen atoms in total. The second-order valence-electron chi connectivity index (χ2n) is 5.16. The monoisotopic (exact) mass is 284 g/mol. The number of nitrogens with two attached hydrogens (primary N) is 1. The summed E-state index contributed by atoms with van der Waals surface area (Å²) in [5.41, 5.74) is 8.47. The lowest BCUT2D eigenvalue weighted by molar-refractivity contribution is -0.130. The van der Waals surface area contributed by atoms with Gasteiger partial charge in [-0.3, -0.25) is 4.79 Å². The van der Waals surface area contributed by atoms with Crippen LogP contribution in [-0.2, 0) is 17.8 Å². The molecular formula is C17H20N2O2. The Morgan fingerprint density at radius 3 is 2.24 bits per heavy atom. The number of nitrogens with zero attached hydrogens (tertiary/aromatic N) is 1. The van der Waals surface area contributed by atoms with Crippen LogP contribution < -0.4 is 5.73 Å². The number of benzene rings is 2. The van der Waals surface area contributed by atoms with Crippen molar-refractivity contribution in [3.8, 4) is 5.75 Å². The first-order chi connectivity index (χ1) is 10.0. The van der Waals surface area contributed by atoms with E-state index in [9.17, 15) is 9.90 Å². The van der Waals surface area contributed by atoms with Gasteiger partial charge in [-0.15, -0.1) is 0 Å². The van der Waals surface area contributed by atoms with E-state index in [1.807, 2.05) is 36.4 Å². The van der Waals surface area contributed by atoms with Gasteiger partial charge < -0.3 is 15.7 Å². The maximum absolute atomic E-state index is 12.1. The number of phenolic OH excluding ortho intramolecular Hbond substituents is 1. The van der Waals surface area contributed by atoms with Gasteiger partial charge in [0, 0.05) is 25.7 Å². The van der Waals surface area contributed by atoms with Crippen LogP contribution in [0.4, 0.5) is 5.69 Å². The molecule has 0 atom stereocenters. The Morgan fingerprint density at radius 2 is 1.62 bits per heavy atom. The van der Waals surface area contributed by atoms with Gasteiger partial charge in [-0.25, -0.2) is 0 Å². The zero-order valence-corrected chi connectivity index (χ0v) is 12.1. The Balaban J connectivity index is 1.84. The second-order valence-corrected chi connectivity index (χ2v) is 5.16. The van der Waals surface area contributed by atoms with Crippen LogP contribution in [0.15, 0.2) is 48.5 Å². The topological polar surface area (TPSA) is 66.6 Å². The predicted molar refractivity (Wildman–Crippen MR) is 83.8 cm³/mol. The standard InChI is InChI=1S/C17H20N2O2/c1-19(12-14-4-9-16(20)10-5-14)17(21)11-6-13-2-7-15(18)8-3-13/h2-5,7-10,20H,6,11-12,18H2,1H3. The molecule has 0 radical (unpaired) electrons. The van der Waals surface area contributed by atoms with Gasteiger partial charge in [0.2, 0.25) is 5.91 Å². The number of carbonyl (C=O) groups excluding carboxylic acids is 1. The molecule has 0 aliphatic rings. The van der Waals surface area contributed by atoms with E-state index in [1.165, 1.54) is 0 Å². The minimum absolute atomic E-state index is 0.0971. The fourth-order valence-corrected chi connectivity index (χ4v) is 2.09. The van der Waals surface area contributed by atoms with Crippen LogP contribution in [0.1, 0.15) is 17.5 Å². The molecule has 0 fully saturated rings. The molecule has 4 heteroatoms. The van der Waals surface area contributed by atoms with Gasteiger partial charge in [0.05, 0.1) is 0 Å². The minimum atomic E-state index is 0.0971. The van der Waals surface area contributed by atoms with E-state index in [4.69, 9.17) is 5.73 Å². The van der Waals surface area contributed by atoms with E-state index in [1.54, 1.807) is 24.1 Å². The third-order valence-corrected chi connectivity index (χ3v) is 3.39. The largest absolute Gasteiger partial charge is 0.508 e. The minimum Gasteiger partial charge on any atom is -0.508 e. The van der Waals surface area contributed by atoms with E-state index < -0.39 is 0 Å². The van der Waals surface area contributed by atoms with Gasteiger partial charge in [0.25, 0.3) is 0 Å². The predicted octanol–water partition coefficient (Wildman–Crippen LogP) is 2.57. The summed E-state index contributed by atoms with van der Waals surface area (Å²) in [6, 6.07) is 14.5. The highest BCUT2D eigenvalue weighted by molar-refractivity contribution is 5.76. The highest BCUT2D eigenvalue weighted by Gasteiger charge is 2.09. The zero-order valence-electron chi connectivity index (χ0n) is 12.1. The lowest BCUT2D eigenvalue weighted by Gasteiger charge is -2.17. The number of amides is 1. The third kappa shape index (κ3) is 4.53. The van der Waals surface area contributed by atoms with Crippen molar-refractivity contribution in [3.05, 3.63) is 59.7 Å². The first kappa shape index (κ1) is 14.9. The van der Waals surface area contributed by atoms with Crippen molar-refractivity contribution in [2.24, 2.45) is 0 Å². The molecule has 0 aromatic heterocycles. The van der Waals surface area contributed by atoms with Gasteiger partial charge in [0.15, 0.2) is 0 Å². The van der Waals surface area contributed by atoms with E-state index in [2.05, 4.69) is 0 Å². The fraction of sp³-hybridized carbons (Fsp3) is 0.235. The van der Waals surface area contributed by atoms with E-state index in [0.29, 0.717) is 19.4 Å². The number of aryl methyl sites for hydroxylation is 1. The fourth-order valence-electron chi connectivity index (χ4n) is 2.09. The summed E-state index contributed by atoms with van der Waals surface area (Å²) in [6.07, 6.45) is 1.18. The Morgan fingerprint density at radius 1 is 1.05 bits per heavy atom. The van der Waals surface area contributed by atoms with Crippen molar-refractivity contribution in [1.29, 1.82) is 0 Å². The molecule has 0 saturated heterocycles.